The Morgan fingerprint density at radius 2 is 2.09 bits per heavy atom. The van der Waals surface area contributed by atoms with Gasteiger partial charge in [-0.05, 0) is 26.3 Å². The number of nitrogens with zero attached hydrogens (tertiary/aromatic N) is 1. The highest BCUT2D eigenvalue weighted by molar-refractivity contribution is 7.99. The zero-order valence-electron chi connectivity index (χ0n) is 13.1. The van der Waals surface area contributed by atoms with E-state index in [1.54, 1.807) is 6.92 Å². The number of imide groups is 1. The molecule has 3 amide bonds. The highest BCUT2D eigenvalue weighted by Gasteiger charge is 2.12. The first-order chi connectivity index (χ1) is 10.9. The van der Waals surface area contributed by atoms with Crippen molar-refractivity contribution in [2.45, 2.75) is 26.5 Å². The number of H-pyrrole nitrogens is 1. The molecule has 9 heteroatoms. The van der Waals surface area contributed by atoms with Crippen molar-refractivity contribution in [2.75, 3.05) is 12.3 Å². The summed E-state index contributed by atoms with van der Waals surface area (Å²) in [5, 5.41) is 5.33. The molecule has 0 fully saturated rings. The lowest BCUT2D eigenvalue weighted by molar-refractivity contribution is -0.117. The third kappa shape index (κ3) is 4.32. The van der Waals surface area contributed by atoms with Crippen molar-refractivity contribution < 1.29 is 9.59 Å². The normalized spacial score (nSPS) is 10.7. The smallest absolute Gasteiger partial charge is 0.321 e. The zero-order valence-corrected chi connectivity index (χ0v) is 14.7. The number of hydrogen-bond acceptors (Lipinski definition) is 6. The molecular formula is C14H18N4O3S2. The Bertz CT molecular complexity index is 797. The number of nitrogens with one attached hydrogen (secondary N) is 3. The number of thioether (sulfide) groups is 1. The van der Waals surface area contributed by atoms with Crippen molar-refractivity contribution in [3.63, 3.8) is 0 Å². The summed E-state index contributed by atoms with van der Waals surface area (Å²) in [5.41, 5.74) is 0.804. The van der Waals surface area contributed by atoms with Crippen LogP contribution in [0.5, 0.6) is 0 Å². The van der Waals surface area contributed by atoms with Crippen molar-refractivity contribution >= 4 is 45.3 Å². The van der Waals surface area contributed by atoms with Crippen LogP contribution in [-0.2, 0) is 10.5 Å². The van der Waals surface area contributed by atoms with Crippen molar-refractivity contribution in [1.82, 2.24) is 20.6 Å². The molecule has 3 N–H and O–H groups in total. The van der Waals surface area contributed by atoms with Crippen molar-refractivity contribution in [3.05, 3.63) is 26.6 Å². The summed E-state index contributed by atoms with van der Waals surface area (Å²) in [4.78, 5) is 43.9. The van der Waals surface area contributed by atoms with E-state index in [2.05, 4.69) is 20.6 Å². The molecule has 7 nitrogen and oxygen atoms in total. The molecule has 0 saturated carbocycles. The molecule has 0 aliphatic carbocycles. The second-order valence-corrected chi connectivity index (χ2v) is 7.07. The van der Waals surface area contributed by atoms with E-state index in [4.69, 9.17) is 0 Å². The molecule has 23 heavy (non-hydrogen) atoms. The van der Waals surface area contributed by atoms with Crippen molar-refractivity contribution in [3.8, 4) is 0 Å². The summed E-state index contributed by atoms with van der Waals surface area (Å²) < 4.78 is 0. The minimum absolute atomic E-state index is 0.112. The molecule has 0 radical (unpaired) electrons. The molecule has 124 valence electrons. The molecule has 0 bridgehead atoms. The van der Waals surface area contributed by atoms with E-state index >= 15 is 0 Å². The first kappa shape index (κ1) is 17.5. The maximum atomic E-state index is 12.1. The van der Waals surface area contributed by atoms with E-state index in [0.29, 0.717) is 28.3 Å². The Balaban J connectivity index is 1.96. The second-order valence-electron chi connectivity index (χ2n) is 4.88. The summed E-state index contributed by atoms with van der Waals surface area (Å²) in [6, 6.07) is -0.504. The van der Waals surface area contributed by atoms with E-state index in [-0.39, 0.29) is 17.2 Å². The van der Waals surface area contributed by atoms with Gasteiger partial charge in [0.1, 0.15) is 10.7 Å². The Hall–Kier alpha value is -1.87. The predicted octanol–water partition coefficient (Wildman–Crippen LogP) is 1.68. The van der Waals surface area contributed by atoms with Gasteiger partial charge in [0.25, 0.3) is 5.56 Å². The van der Waals surface area contributed by atoms with E-state index in [0.717, 1.165) is 10.4 Å². The van der Waals surface area contributed by atoms with Crippen molar-refractivity contribution in [1.29, 1.82) is 0 Å². The number of amides is 3. The SMILES string of the molecule is CCNC(=O)NC(=O)CSCc1nc2sc(C)c(C)c2c(=O)[nH]1. The lowest BCUT2D eigenvalue weighted by Gasteiger charge is -2.04. The molecule has 0 saturated heterocycles. The molecule has 0 aliphatic rings. The second kappa shape index (κ2) is 7.60. The Kier molecular flexibility index (Phi) is 5.78. The van der Waals surface area contributed by atoms with Crippen LogP contribution in [0.25, 0.3) is 10.2 Å². The van der Waals surface area contributed by atoms with Crippen LogP contribution in [0.1, 0.15) is 23.2 Å². The number of hydrogen-bond donors (Lipinski definition) is 3. The van der Waals surface area contributed by atoms with Crippen LogP contribution in [0.3, 0.4) is 0 Å². The molecule has 0 aromatic carbocycles. The first-order valence-corrected chi connectivity index (χ1v) is 9.03. The monoisotopic (exact) mass is 354 g/mol. The first-order valence-electron chi connectivity index (χ1n) is 7.06. The van der Waals surface area contributed by atoms with Crippen LogP contribution in [0.2, 0.25) is 0 Å². The van der Waals surface area contributed by atoms with E-state index < -0.39 is 6.03 Å². The number of aryl methyl sites for hydroxylation is 2. The molecule has 0 aliphatic heterocycles. The molecule has 0 unspecified atom stereocenters. The maximum Gasteiger partial charge on any atom is 0.321 e. The number of aromatic amines is 1. The van der Waals surface area contributed by atoms with E-state index in [1.807, 2.05) is 13.8 Å². The highest BCUT2D eigenvalue weighted by Crippen LogP contribution is 2.26. The van der Waals surface area contributed by atoms with Crippen LogP contribution in [0.4, 0.5) is 4.79 Å². The molecule has 2 heterocycles. The lowest BCUT2D eigenvalue weighted by Crippen LogP contribution is -2.40. The van der Waals surface area contributed by atoms with Gasteiger partial charge in [0.2, 0.25) is 5.91 Å². The minimum Gasteiger partial charge on any atom is -0.338 e. The maximum absolute atomic E-state index is 12.1. The predicted molar refractivity (Wildman–Crippen MR) is 93.1 cm³/mol. The average Bonchev–Trinajstić information content (AvgIpc) is 2.74. The van der Waals surface area contributed by atoms with Gasteiger partial charge in [0, 0.05) is 11.4 Å². The van der Waals surface area contributed by atoms with Crippen LogP contribution in [-0.4, -0.2) is 34.2 Å². The van der Waals surface area contributed by atoms with Gasteiger partial charge < -0.3 is 10.3 Å². The van der Waals surface area contributed by atoms with Crippen LogP contribution in [0, 0.1) is 13.8 Å². The van der Waals surface area contributed by atoms with Gasteiger partial charge in [-0.25, -0.2) is 9.78 Å². The van der Waals surface area contributed by atoms with Gasteiger partial charge in [0.15, 0.2) is 0 Å². The fraction of sp³-hybridized carbons (Fsp3) is 0.429. The minimum atomic E-state index is -0.504. The fourth-order valence-electron chi connectivity index (χ4n) is 1.98. The number of carbonyl (C=O) groups excluding carboxylic acids is 2. The number of carbonyl (C=O) groups is 2. The van der Waals surface area contributed by atoms with E-state index in [9.17, 15) is 14.4 Å². The Morgan fingerprint density at radius 3 is 2.78 bits per heavy atom. The van der Waals surface area contributed by atoms with Gasteiger partial charge in [-0.15, -0.1) is 23.1 Å². The summed E-state index contributed by atoms with van der Waals surface area (Å²) in [6.07, 6.45) is 0. The van der Waals surface area contributed by atoms with Gasteiger partial charge in [-0.1, -0.05) is 0 Å². The molecule has 2 rings (SSSR count). The number of urea groups is 1. The fourth-order valence-corrected chi connectivity index (χ4v) is 3.71. The zero-order chi connectivity index (χ0) is 17.0. The highest BCUT2D eigenvalue weighted by atomic mass is 32.2. The van der Waals surface area contributed by atoms with Gasteiger partial charge in [-0.2, -0.15) is 0 Å². The number of thiophene rings is 1. The standard InChI is InChI=1S/C14H18N4O3S2/c1-4-15-14(21)18-10(19)6-22-5-9-16-12(20)11-7(2)8(3)23-13(11)17-9/h4-6H2,1-3H3,(H,16,17,20)(H2,15,18,19,21). The van der Waals surface area contributed by atoms with Crippen molar-refractivity contribution in [2.24, 2.45) is 0 Å². The average molecular weight is 354 g/mol. The third-order valence-electron chi connectivity index (χ3n) is 3.15. The molecule has 0 atom stereocenters. The van der Waals surface area contributed by atoms with Gasteiger partial charge in [-0.3, -0.25) is 14.9 Å². The number of aromatic nitrogens is 2. The topological polar surface area (TPSA) is 104 Å². The lowest BCUT2D eigenvalue weighted by atomic mass is 10.2. The molecule has 0 spiro atoms. The van der Waals surface area contributed by atoms with Gasteiger partial charge in [0.05, 0.1) is 16.9 Å². The van der Waals surface area contributed by atoms with E-state index in [1.165, 1.54) is 23.1 Å². The Labute approximate surface area is 141 Å². The summed E-state index contributed by atoms with van der Waals surface area (Å²) in [7, 11) is 0. The van der Waals surface area contributed by atoms with Gasteiger partial charge >= 0.3 is 6.03 Å². The number of fused-ring (bicyclic) bond motifs is 1. The quantitative estimate of drug-likeness (QED) is 0.758. The molecule has 2 aromatic rings. The summed E-state index contributed by atoms with van der Waals surface area (Å²) in [5.74, 6) is 0.650. The third-order valence-corrected chi connectivity index (χ3v) is 5.20. The summed E-state index contributed by atoms with van der Waals surface area (Å²) in [6.45, 7) is 6.09. The Morgan fingerprint density at radius 1 is 1.35 bits per heavy atom. The van der Waals surface area contributed by atoms with Crippen LogP contribution < -0.4 is 16.2 Å². The van der Waals surface area contributed by atoms with Crippen LogP contribution in [0.15, 0.2) is 4.79 Å². The number of rotatable bonds is 5. The molecular weight excluding hydrogens is 336 g/mol. The molecule has 2 aromatic heterocycles. The summed E-state index contributed by atoms with van der Waals surface area (Å²) >= 11 is 2.77. The largest absolute Gasteiger partial charge is 0.338 e. The van der Waals surface area contributed by atoms with Crippen LogP contribution >= 0.6 is 23.1 Å².